The van der Waals surface area contributed by atoms with Crippen molar-refractivity contribution < 1.29 is 9.59 Å². The van der Waals surface area contributed by atoms with E-state index in [-0.39, 0.29) is 18.0 Å². The first-order chi connectivity index (χ1) is 9.74. The zero-order valence-electron chi connectivity index (χ0n) is 11.3. The highest BCUT2D eigenvalue weighted by molar-refractivity contribution is 5.94. The molecular weight excluding hydrogens is 254 g/mol. The molecule has 3 rings (SSSR count). The van der Waals surface area contributed by atoms with Gasteiger partial charge in [0.1, 0.15) is 6.04 Å². The number of rotatable bonds is 3. The molecular formula is C15H19N3O2. The molecule has 106 valence electrons. The molecule has 3 amide bonds. The second-order valence-electron chi connectivity index (χ2n) is 5.43. The van der Waals surface area contributed by atoms with Crippen molar-refractivity contribution in [1.29, 1.82) is 0 Å². The largest absolute Gasteiger partial charge is 0.352 e. The smallest absolute Gasteiger partial charge is 0.322 e. The van der Waals surface area contributed by atoms with Gasteiger partial charge in [0, 0.05) is 18.3 Å². The minimum Gasteiger partial charge on any atom is -0.352 e. The van der Waals surface area contributed by atoms with Crippen LogP contribution in [0.5, 0.6) is 0 Å². The van der Waals surface area contributed by atoms with Gasteiger partial charge in [-0.3, -0.25) is 4.79 Å². The molecule has 1 aliphatic heterocycles. The van der Waals surface area contributed by atoms with Crippen LogP contribution in [0.2, 0.25) is 0 Å². The molecule has 1 heterocycles. The predicted molar refractivity (Wildman–Crippen MR) is 76.4 cm³/mol. The number of para-hydroxylation sites is 1. The molecule has 0 bridgehead atoms. The Morgan fingerprint density at radius 3 is 2.55 bits per heavy atom. The van der Waals surface area contributed by atoms with Gasteiger partial charge in [-0.1, -0.05) is 18.2 Å². The fourth-order valence-corrected chi connectivity index (χ4v) is 2.52. The Kier molecular flexibility index (Phi) is 3.58. The lowest BCUT2D eigenvalue weighted by Crippen LogP contribution is -2.47. The molecule has 1 aromatic rings. The molecule has 1 saturated carbocycles. The molecule has 2 aliphatic rings. The molecule has 2 N–H and O–H groups in total. The standard InChI is InChI=1S/C15H19N3O2/c19-14(16-12-8-9-12)13-7-4-10-18(13)15(20)17-11-5-2-1-3-6-11/h1-3,5-6,12-13H,4,7-10H2,(H,16,19)(H,17,20)/t13-/m0/s1. The molecule has 2 fully saturated rings. The van der Waals surface area contributed by atoms with E-state index in [9.17, 15) is 9.59 Å². The summed E-state index contributed by atoms with van der Waals surface area (Å²) < 4.78 is 0. The topological polar surface area (TPSA) is 61.4 Å². The maximum Gasteiger partial charge on any atom is 0.322 e. The second kappa shape index (κ2) is 5.53. The van der Waals surface area contributed by atoms with E-state index in [4.69, 9.17) is 0 Å². The average Bonchev–Trinajstić information content (AvgIpc) is 3.12. The molecule has 5 nitrogen and oxygen atoms in total. The van der Waals surface area contributed by atoms with Gasteiger partial charge in [0.15, 0.2) is 0 Å². The van der Waals surface area contributed by atoms with Crippen LogP contribution < -0.4 is 10.6 Å². The van der Waals surface area contributed by atoms with Crippen molar-refractivity contribution >= 4 is 17.6 Å². The zero-order chi connectivity index (χ0) is 13.9. The fourth-order valence-electron chi connectivity index (χ4n) is 2.52. The molecule has 0 unspecified atom stereocenters. The predicted octanol–water partition coefficient (Wildman–Crippen LogP) is 1.96. The first-order valence-electron chi connectivity index (χ1n) is 7.17. The number of carbonyl (C=O) groups is 2. The number of nitrogens with one attached hydrogen (secondary N) is 2. The molecule has 0 radical (unpaired) electrons. The number of likely N-dealkylation sites (tertiary alicyclic amines) is 1. The van der Waals surface area contributed by atoms with Gasteiger partial charge in [0.25, 0.3) is 0 Å². The van der Waals surface area contributed by atoms with Crippen molar-refractivity contribution in [2.24, 2.45) is 0 Å². The van der Waals surface area contributed by atoms with Crippen LogP contribution in [0.25, 0.3) is 0 Å². The van der Waals surface area contributed by atoms with E-state index in [0.717, 1.165) is 31.4 Å². The minimum atomic E-state index is -0.320. The van der Waals surface area contributed by atoms with Crippen LogP contribution in [0.3, 0.4) is 0 Å². The number of amides is 3. The molecule has 1 saturated heterocycles. The Labute approximate surface area is 118 Å². The van der Waals surface area contributed by atoms with Crippen LogP contribution in [0, 0.1) is 0 Å². The summed E-state index contributed by atoms with van der Waals surface area (Å²) in [6.45, 7) is 0.640. The SMILES string of the molecule is O=C(NC1CC1)[C@@H]1CCCN1C(=O)Nc1ccccc1. The lowest BCUT2D eigenvalue weighted by Gasteiger charge is -2.24. The molecule has 5 heteroatoms. The van der Waals surface area contributed by atoms with E-state index in [1.54, 1.807) is 4.90 Å². The lowest BCUT2D eigenvalue weighted by molar-refractivity contribution is -0.124. The monoisotopic (exact) mass is 273 g/mol. The van der Waals surface area contributed by atoms with E-state index in [0.29, 0.717) is 12.6 Å². The van der Waals surface area contributed by atoms with Gasteiger partial charge < -0.3 is 15.5 Å². The van der Waals surface area contributed by atoms with Crippen LogP contribution in [0.4, 0.5) is 10.5 Å². The van der Waals surface area contributed by atoms with Crippen LogP contribution in [0.15, 0.2) is 30.3 Å². The number of benzene rings is 1. The second-order valence-corrected chi connectivity index (χ2v) is 5.43. The van der Waals surface area contributed by atoms with Gasteiger partial charge in [0.2, 0.25) is 5.91 Å². The Morgan fingerprint density at radius 2 is 1.85 bits per heavy atom. The van der Waals surface area contributed by atoms with E-state index in [1.165, 1.54) is 0 Å². The Morgan fingerprint density at radius 1 is 1.10 bits per heavy atom. The first-order valence-corrected chi connectivity index (χ1v) is 7.17. The van der Waals surface area contributed by atoms with E-state index >= 15 is 0 Å². The summed E-state index contributed by atoms with van der Waals surface area (Å²) in [5.41, 5.74) is 0.755. The Balaban J connectivity index is 1.62. The number of nitrogens with zero attached hydrogens (tertiary/aromatic N) is 1. The minimum absolute atomic E-state index is 0.00629. The van der Waals surface area contributed by atoms with Gasteiger partial charge in [-0.25, -0.2) is 4.79 Å². The Hall–Kier alpha value is -2.04. The van der Waals surface area contributed by atoms with Gasteiger partial charge in [-0.2, -0.15) is 0 Å². The first kappa shape index (κ1) is 13.0. The van der Waals surface area contributed by atoms with Crippen LogP contribution in [0.1, 0.15) is 25.7 Å². The number of anilines is 1. The van der Waals surface area contributed by atoms with Crippen molar-refractivity contribution in [1.82, 2.24) is 10.2 Å². The van der Waals surface area contributed by atoms with Gasteiger partial charge >= 0.3 is 6.03 Å². The maximum absolute atomic E-state index is 12.3. The van der Waals surface area contributed by atoms with Crippen molar-refractivity contribution in [2.75, 3.05) is 11.9 Å². The summed E-state index contributed by atoms with van der Waals surface area (Å²) in [5, 5.41) is 5.83. The molecule has 1 atom stereocenters. The van der Waals surface area contributed by atoms with Crippen LogP contribution in [-0.4, -0.2) is 35.5 Å². The summed E-state index contributed by atoms with van der Waals surface area (Å²) in [4.78, 5) is 26.0. The van der Waals surface area contributed by atoms with Gasteiger partial charge in [-0.15, -0.1) is 0 Å². The summed E-state index contributed by atoms with van der Waals surface area (Å²) in [6, 6.07) is 9.15. The molecule has 0 aromatic heterocycles. The zero-order valence-corrected chi connectivity index (χ0v) is 11.3. The summed E-state index contributed by atoms with van der Waals surface area (Å²) in [5.74, 6) is -0.00629. The maximum atomic E-state index is 12.3. The lowest BCUT2D eigenvalue weighted by atomic mass is 10.2. The van der Waals surface area contributed by atoms with E-state index in [1.807, 2.05) is 30.3 Å². The third-order valence-electron chi connectivity index (χ3n) is 3.77. The van der Waals surface area contributed by atoms with Gasteiger partial charge in [0.05, 0.1) is 0 Å². The van der Waals surface area contributed by atoms with E-state index < -0.39 is 0 Å². The van der Waals surface area contributed by atoms with Gasteiger partial charge in [-0.05, 0) is 37.8 Å². The quantitative estimate of drug-likeness (QED) is 0.884. The van der Waals surface area contributed by atoms with Crippen molar-refractivity contribution in [3.05, 3.63) is 30.3 Å². The van der Waals surface area contributed by atoms with E-state index in [2.05, 4.69) is 10.6 Å². The Bertz CT molecular complexity index is 499. The third-order valence-corrected chi connectivity index (χ3v) is 3.77. The summed E-state index contributed by atoms with van der Waals surface area (Å²) >= 11 is 0. The number of hydrogen-bond donors (Lipinski definition) is 2. The average molecular weight is 273 g/mol. The number of hydrogen-bond acceptors (Lipinski definition) is 2. The van der Waals surface area contributed by atoms with Crippen molar-refractivity contribution in [3.8, 4) is 0 Å². The van der Waals surface area contributed by atoms with Crippen LogP contribution in [-0.2, 0) is 4.79 Å². The summed E-state index contributed by atoms with van der Waals surface area (Å²) in [6.07, 6.45) is 3.76. The molecule has 1 aromatic carbocycles. The molecule has 1 aliphatic carbocycles. The highest BCUT2D eigenvalue weighted by Crippen LogP contribution is 2.23. The van der Waals surface area contributed by atoms with Crippen molar-refractivity contribution in [2.45, 2.75) is 37.8 Å². The number of urea groups is 1. The molecule has 20 heavy (non-hydrogen) atoms. The van der Waals surface area contributed by atoms with Crippen molar-refractivity contribution in [3.63, 3.8) is 0 Å². The molecule has 0 spiro atoms. The van der Waals surface area contributed by atoms with Crippen LogP contribution >= 0.6 is 0 Å². The number of carbonyl (C=O) groups excluding carboxylic acids is 2. The fraction of sp³-hybridized carbons (Fsp3) is 0.467. The normalized spacial score (nSPS) is 21.6. The highest BCUT2D eigenvalue weighted by Gasteiger charge is 2.36. The third kappa shape index (κ3) is 2.92. The highest BCUT2D eigenvalue weighted by atomic mass is 16.2. The summed E-state index contributed by atoms with van der Waals surface area (Å²) in [7, 11) is 0.